The quantitative estimate of drug-likeness (QED) is 0.413. The average molecular weight is 427 g/mol. The highest BCUT2D eigenvalue weighted by Gasteiger charge is 2.47. The number of hydrogen-bond donors (Lipinski definition) is 1. The van der Waals surface area contributed by atoms with Gasteiger partial charge in [0.05, 0.1) is 0 Å². The number of ketones is 1. The maximum atomic E-state index is 12.6. The van der Waals surface area contributed by atoms with Crippen LogP contribution in [-0.4, -0.2) is 16.5 Å². The van der Waals surface area contributed by atoms with Crippen molar-refractivity contribution in [2.75, 3.05) is 0 Å². The molecular weight excluding hydrogens is 384 g/mol. The number of carbonyl (C=O) groups is 1. The minimum atomic E-state index is -0.330. The first-order valence-electron chi connectivity index (χ1n) is 12.4. The Morgan fingerprint density at radius 3 is 2.58 bits per heavy atom. The third kappa shape index (κ3) is 5.02. The molecular formula is C28H42O3. The zero-order valence-electron chi connectivity index (χ0n) is 20.5. The summed E-state index contributed by atoms with van der Waals surface area (Å²) >= 11 is 0. The summed E-state index contributed by atoms with van der Waals surface area (Å²) in [6.07, 6.45) is 11.2. The Kier molecular flexibility index (Phi) is 7.23. The summed E-state index contributed by atoms with van der Waals surface area (Å²) in [5, 5.41) is 11.2. The maximum absolute atomic E-state index is 12.6. The molecule has 31 heavy (non-hydrogen) atoms. The molecule has 1 aromatic rings. The second-order valence-electron chi connectivity index (χ2n) is 10.9. The number of Topliss-reactive ketones (excluding diaryl/α,β-unsaturated/α-hetero) is 1. The first-order valence-corrected chi connectivity index (χ1v) is 12.4. The fraction of sp³-hybridized carbons (Fsp3) is 0.679. The van der Waals surface area contributed by atoms with E-state index in [1.165, 1.54) is 25.7 Å². The highest BCUT2D eigenvalue weighted by atomic mass is 16.5. The van der Waals surface area contributed by atoms with Gasteiger partial charge in [-0.1, -0.05) is 59.5 Å². The number of benzene rings is 1. The molecule has 0 saturated heterocycles. The van der Waals surface area contributed by atoms with E-state index in [0.717, 1.165) is 41.7 Å². The molecule has 3 heteroatoms. The topological polar surface area (TPSA) is 46.5 Å². The Balaban J connectivity index is 1.93. The van der Waals surface area contributed by atoms with E-state index in [4.69, 9.17) is 4.74 Å². The van der Waals surface area contributed by atoms with Crippen LogP contribution in [0.3, 0.4) is 0 Å². The van der Waals surface area contributed by atoms with E-state index in [2.05, 4.69) is 46.8 Å². The zero-order chi connectivity index (χ0) is 22.8. The van der Waals surface area contributed by atoms with E-state index in [1.54, 1.807) is 0 Å². The van der Waals surface area contributed by atoms with E-state index in [-0.39, 0.29) is 28.6 Å². The molecule has 1 N–H and O–H groups in total. The lowest BCUT2D eigenvalue weighted by Crippen LogP contribution is -2.46. The highest BCUT2D eigenvalue weighted by molar-refractivity contribution is 5.95. The summed E-state index contributed by atoms with van der Waals surface area (Å²) < 4.78 is 6.52. The monoisotopic (exact) mass is 426 g/mol. The van der Waals surface area contributed by atoms with Gasteiger partial charge in [-0.15, -0.1) is 0 Å². The minimum absolute atomic E-state index is 0.0146. The number of phenolic OH excluding ortho intramolecular Hbond substituents is 1. The molecule has 0 amide bonds. The number of fused-ring (bicyclic) bond motifs is 3. The molecule has 3 nitrogen and oxygen atoms in total. The molecule has 1 aliphatic carbocycles. The van der Waals surface area contributed by atoms with Crippen molar-refractivity contribution in [3.05, 3.63) is 34.9 Å². The van der Waals surface area contributed by atoms with Gasteiger partial charge in [0.2, 0.25) is 0 Å². The van der Waals surface area contributed by atoms with Crippen LogP contribution >= 0.6 is 0 Å². The van der Waals surface area contributed by atoms with E-state index in [0.29, 0.717) is 18.6 Å². The third-order valence-electron chi connectivity index (χ3n) is 7.57. The predicted molar refractivity (Wildman–Crippen MR) is 128 cm³/mol. The minimum Gasteiger partial charge on any atom is -0.508 e. The van der Waals surface area contributed by atoms with Gasteiger partial charge in [-0.25, -0.2) is 0 Å². The number of carbonyl (C=O) groups excluding carboxylic acids is 1. The van der Waals surface area contributed by atoms with Crippen molar-refractivity contribution in [2.24, 2.45) is 5.92 Å². The number of unbranched alkanes of at least 4 members (excludes halogenated alkanes) is 3. The lowest BCUT2D eigenvalue weighted by atomic mass is 9.66. The SMILES string of the molecule is CCCCCCC(C)(C)c1cc(O)c2c(c1)OC(C)(C)[C@@H]1CC=C(C(=O)CCC)CC21. The van der Waals surface area contributed by atoms with E-state index >= 15 is 0 Å². The molecule has 0 spiro atoms. The van der Waals surface area contributed by atoms with Crippen LogP contribution in [0.2, 0.25) is 0 Å². The van der Waals surface area contributed by atoms with Gasteiger partial charge in [-0.2, -0.15) is 0 Å². The summed E-state index contributed by atoms with van der Waals surface area (Å²) in [5.41, 5.74) is 2.64. The van der Waals surface area contributed by atoms with Crippen LogP contribution < -0.4 is 4.74 Å². The van der Waals surface area contributed by atoms with Gasteiger partial charge in [0.15, 0.2) is 5.78 Å². The van der Waals surface area contributed by atoms with Gasteiger partial charge in [0, 0.05) is 23.8 Å². The Morgan fingerprint density at radius 1 is 1.16 bits per heavy atom. The molecule has 0 bridgehead atoms. The molecule has 3 rings (SSSR count). The summed E-state index contributed by atoms with van der Waals surface area (Å²) in [5.74, 6) is 1.80. The summed E-state index contributed by atoms with van der Waals surface area (Å²) in [6, 6.07) is 4.13. The molecule has 1 aliphatic heterocycles. The molecule has 0 saturated carbocycles. The first kappa shape index (κ1) is 23.9. The standard InChI is InChI=1S/C28H42O3/c1-7-9-10-11-15-27(3,4)20-17-24(30)26-21-16-19(23(29)12-8-2)13-14-22(21)28(5,6)31-25(26)18-20/h13,17-18,21-22,30H,7-12,14-16H2,1-6H3/t21?,22-/m1/s1. The third-order valence-corrected chi connectivity index (χ3v) is 7.57. The zero-order valence-corrected chi connectivity index (χ0v) is 20.5. The summed E-state index contributed by atoms with van der Waals surface area (Å²) in [7, 11) is 0. The summed E-state index contributed by atoms with van der Waals surface area (Å²) in [6.45, 7) is 13.1. The summed E-state index contributed by atoms with van der Waals surface area (Å²) in [4.78, 5) is 12.6. The molecule has 1 aromatic carbocycles. The fourth-order valence-electron chi connectivity index (χ4n) is 5.54. The van der Waals surface area contributed by atoms with Crippen molar-refractivity contribution in [3.63, 3.8) is 0 Å². The number of rotatable bonds is 9. The smallest absolute Gasteiger partial charge is 0.158 e. The van der Waals surface area contributed by atoms with E-state index in [1.807, 2.05) is 13.0 Å². The van der Waals surface area contributed by atoms with Crippen molar-refractivity contribution in [3.8, 4) is 11.5 Å². The van der Waals surface area contributed by atoms with E-state index < -0.39 is 0 Å². The van der Waals surface area contributed by atoms with Crippen LogP contribution in [-0.2, 0) is 10.2 Å². The normalized spacial score (nSPS) is 22.2. The van der Waals surface area contributed by atoms with Crippen molar-refractivity contribution in [2.45, 2.75) is 116 Å². The number of allylic oxidation sites excluding steroid dienone is 2. The molecule has 172 valence electrons. The number of aromatic hydroxyl groups is 1. The van der Waals surface area contributed by atoms with Crippen LogP contribution in [0, 0.1) is 5.92 Å². The van der Waals surface area contributed by atoms with Gasteiger partial charge >= 0.3 is 0 Å². The van der Waals surface area contributed by atoms with Crippen LogP contribution in [0.4, 0.5) is 0 Å². The Labute approximate surface area is 189 Å². The number of phenols is 1. The van der Waals surface area contributed by atoms with Crippen LogP contribution in [0.15, 0.2) is 23.8 Å². The maximum Gasteiger partial charge on any atom is 0.158 e. The largest absolute Gasteiger partial charge is 0.508 e. The average Bonchev–Trinajstić information content (AvgIpc) is 2.70. The molecule has 1 unspecified atom stereocenters. The molecule has 0 radical (unpaired) electrons. The van der Waals surface area contributed by atoms with Crippen LogP contribution in [0.1, 0.15) is 116 Å². The Morgan fingerprint density at radius 2 is 1.90 bits per heavy atom. The van der Waals surface area contributed by atoms with Gasteiger partial charge in [0.25, 0.3) is 0 Å². The van der Waals surface area contributed by atoms with Crippen LogP contribution in [0.25, 0.3) is 0 Å². The van der Waals surface area contributed by atoms with Crippen molar-refractivity contribution >= 4 is 5.78 Å². The Bertz CT molecular complexity index is 831. The first-order chi connectivity index (χ1) is 14.6. The second kappa shape index (κ2) is 9.38. The molecule has 0 fully saturated rings. The number of ether oxygens (including phenoxy) is 1. The number of hydrogen-bond acceptors (Lipinski definition) is 3. The molecule has 1 heterocycles. The lowest BCUT2D eigenvalue weighted by Gasteiger charge is -2.47. The van der Waals surface area contributed by atoms with Gasteiger partial charge in [-0.3, -0.25) is 4.79 Å². The van der Waals surface area contributed by atoms with Crippen LogP contribution in [0.5, 0.6) is 11.5 Å². The van der Waals surface area contributed by atoms with E-state index in [9.17, 15) is 9.90 Å². The molecule has 0 aromatic heterocycles. The second-order valence-corrected chi connectivity index (χ2v) is 10.9. The van der Waals surface area contributed by atoms with Crippen molar-refractivity contribution in [1.82, 2.24) is 0 Å². The fourth-order valence-corrected chi connectivity index (χ4v) is 5.54. The van der Waals surface area contributed by atoms with Gasteiger partial charge in [0.1, 0.15) is 17.1 Å². The van der Waals surface area contributed by atoms with Gasteiger partial charge in [-0.05, 0) is 68.2 Å². The Hall–Kier alpha value is -1.77. The van der Waals surface area contributed by atoms with Crippen molar-refractivity contribution < 1.29 is 14.6 Å². The predicted octanol–water partition coefficient (Wildman–Crippen LogP) is 7.60. The van der Waals surface area contributed by atoms with Gasteiger partial charge < -0.3 is 9.84 Å². The molecule has 2 atom stereocenters. The lowest BCUT2D eigenvalue weighted by molar-refractivity contribution is -0.116. The highest BCUT2D eigenvalue weighted by Crippen LogP contribution is 2.55. The molecule has 2 aliphatic rings. The van der Waals surface area contributed by atoms with Crippen molar-refractivity contribution in [1.29, 1.82) is 0 Å².